The fourth-order valence-electron chi connectivity index (χ4n) is 1.79. The van der Waals surface area contributed by atoms with Crippen LogP contribution < -0.4 is 16.4 Å². The molecule has 0 aromatic carbocycles. The topological polar surface area (TPSA) is 97.9 Å². The first-order valence-electron chi connectivity index (χ1n) is 5.40. The SMILES string of the molecule is Nc1cn(CC(=O)NC2CCCNC2)nn1. The second-order valence-electron chi connectivity index (χ2n) is 3.95. The molecule has 7 nitrogen and oxygen atoms in total. The normalized spacial score (nSPS) is 20.6. The monoisotopic (exact) mass is 224 g/mol. The minimum absolute atomic E-state index is 0.0569. The molecule has 1 saturated heterocycles. The van der Waals surface area contributed by atoms with Crippen LogP contribution in [0.15, 0.2) is 6.20 Å². The van der Waals surface area contributed by atoms with Gasteiger partial charge in [0.25, 0.3) is 0 Å². The van der Waals surface area contributed by atoms with Crippen LogP contribution in [0.5, 0.6) is 0 Å². The Hall–Kier alpha value is -1.63. The Morgan fingerprint density at radius 1 is 1.75 bits per heavy atom. The molecular formula is C9H16N6O. The third-order valence-electron chi connectivity index (χ3n) is 2.52. The Bertz CT molecular complexity index is 357. The van der Waals surface area contributed by atoms with Crippen LogP contribution in [0.2, 0.25) is 0 Å². The fourth-order valence-corrected chi connectivity index (χ4v) is 1.79. The van der Waals surface area contributed by atoms with Crippen molar-refractivity contribution in [2.45, 2.75) is 25.4 Å². The van der Waals surface area contributed by atoms with E-state index in [2.05, 4.69) is 20.9 Å². The summed E-state index contributed by atoms with van der Waals surface area (Å²) in [6, 6.07) is 0.224. The van der Waals surface area contributed by atoms with Crippen molar-refractivity contribution in [1.29, 1.82) is 0 Å². The van der Waals surface area contributed by atoms with E-state index in [9.17, 15) is 4.79 Å². The highest BCUT2D eigenvalue weighted by atomic mass is 16.2. The third-order valence-corrected chi connectivity index (χ3v) is 2.52. The first-order valence-corrected chi connectivity index (χ1v) is 5.40. The largest absolute Gasteiger partial charge is 0.381 e. The fraction of sp³-hybridized carbons (Fsp3) is 0.667. The van der Waals surface area contributed by atoms with E-state index in [0.717, 1.165) is 25.9 Å². The molecule has 1 fully saturated rings. The van der Waals surface area contributed by atoms with Crippen molar-refractivity contribution in [2.24, 2.45) is 0 Å². The van der Waals surface area contributed by atoms with Crippen molar-refractivity contribution < 1.29 is 4.79 Å². The number of nitrogens with two attached hydrogens (primary N) is 1. The molecule has 0 aliphatic carbocycles. The van der Waals surface area contributed by atoms with Crippen LogP contribution in [0.4, 0.5) is 5.82 Å². The van der Waals surface area contributed by atoms with Gasteiger partial charge in [-0.25, -0.2) is 4.68 Å². The zero-order valence-electron chi connectivity index (χ0n) is 9.02. The van der Waals surface area contributed by atoms with Crippen LogP contribution in [-0.4, -0.2) is 40.0 Å². The number of piperidine rings is 1. The van der Waals surface area contributed by atoms with Crippen molar-refractivity contribution in [3.63, 3.8) is 0 Å². The molecule has 0 spiro atoms. The predicted molar refractivity (Wildman–Crippen MR) is 58.5 cm³/mol. The van der Waals surface area contributed by atoms with Crippen LogP contribution in [0, 0.1) is 0 Å². The van der Waals surface area contributed by atoms with Gasteiger partial charge in [0.15, 0.2) is 5.82 Å². The van der Waals surface area contributed by atoms with Gasteiger partial charge in [0, 0.05) is 12.6 Å². The molecule has 1 aromatic heterocycles. The number of anilines is 1. The van der Waals surface area contributed by atoms with Crippen LogP contribution in [0.1, 0.15) is 12.8 Å². The molecule has 0 saturated carbocycles. The molecule has 88 valence electrons. The van der Waals surface area contributed by atoms with Gasteiger partial charge in [-0.2, -0.15) is 0 Å². The first kappa shape index (κ1) is 10.9. The molecule has 0 bridgehead atoms. The predicted octanol–water partition coefficient (Wildman–Crippen LogP) is -1.27. The van der Waals surface area contributed by atoms with Crippen LogP contribution in [-0.2, 0) is 11.3 Å². The van der Waals surface area contributed by atoms with Crippen molar-refractivity contribution in [3.8, 4) is 0 Å². The van der Waals surface area contributed by atoms with E-state index in [1.54, 1.807) is 6.20 Å². The minimum atomic E-state index is -0.0569. The quantitative estimate of drug-likeness (QED) is 0.594. The zero-order valence-corrected chi connectivity index (χ0v) is 9.02. The van der Waals surface area contributed by atoms with Crippen LogP contribution >= 0.6 is 0 Å². The van der Waals surface area contributed by atoms with Crippen molar-refractivity contribution in [1.82, 2.24) is 25.6 Å². The lowest BCUT2D eigenvalue weighted by atomic mass is 10.1. The summed E-state index contributed by atoms with van der Waals surface area (Å²) >= 11 is 0. The number of amides is 1. The molecule has 4 N–H and O–H groups in total. The van der Waals surface area contributed by atoms with E-state index >= 15 is 0 Å². The Balaban J connectivity index is 1.79. The van der Waals surface area contributed by atoms with E-state index < -0.39 is 0 Å². The van der Waals surface area contributed by atoms with Crippen molar-refractivity contribution in [3.05, 3.63) is 6.20 Å². The molecular weight excluding hydrogens is 208 g/mol. The van der Waals surface area contributed by atoms with Crippen molar-refractivity contribution >= 4 is 11.7 Å². The second-order valence-corrected chi connectivity index (χ2v) is 3.95. The third kappa shape index (κ3) is 2.93. The Labute approximate surface area is 93.4 Å². The van der Waals surface area contributed by atoms with Crippen molar-refractivity contribution in [2.75, 3.05) is 18.8 Å². The van der Waals surface area contributed by atoms with Gasteiger partial charge < -0.3 is 16.4 Å². The molecule has 1 aromatic rings. The summed E-state index contributed by atoms with van der Waals surface area (Å²) in [4.78, 5) is 11.6. The first-order chi connectivity index (χ1) is 7.74. The highest BCUT2D eigenvalue weighted by Crippen LogP contribution is 2.01. The van der Waals surface area contributed by atoms with Gasteiger partial charge in [-0.3, -0.25) is 4.79 Å². The maximum Gasteiger partial charge on any atom is 0.242 e. The zero-order chi connectivity index (χ0) is 11.4. The van der Waals surface area contributed by atoms with Gasteiger partial charge in [0.05, 0.1) is 6.20 Å². The highest BCUT2D eigenvalue weighted by molar-refractivity contribution is 5.76. The maximum atomic E-state index is 11.6. The number of hydrogen-bond donors (Lipinski definition) is 3. The summed E-state index contributed by atoms with van der Waals surface area (Å²) in [6.07, 6.45) is 3.66. The molecule has 2 heterocycles. The van der Waals surface area contributed by atoms with Gasteiger partial charge in [-0.15, -0.1) is 5.10 Å². The van der Waals surface area contributed by atoms with E-state index in [1.807, 2.05) is 0 Å². The Kier molecular flexibility index (Phi) is 3.35. The number of hydrogen-bond acceptors (Lipinski definition) is 5. The summed E-state index contributed by atoms with van der Waals surface area (Å²) in [5, 5.41) is 13.5. The molecule has 16 heavy (non-hydrogen) atoms. The van der Waals surface area contributed by atoms with Gasteiger partial charge >= 0.3 is 0 Å². The molecule has 1 aliphatic heterocycles. The Morgan fingerprint density at radius 3 is 3.25 bits per heavy atom. The number of carbonyl (C=O) groups is 1. The van der Waals surface area contributed by atoms with E-state index in [-0.39, 0.29) is 18.5 Å². The lowest BCUT2D eigenvalue weighted by Crippen LogP contribution is -2.46. The summed E-state index contributed by atoms with van der Waals surface area (Å²) in [5.41, 5.74) is 5.40. The molecule has 7 heteroatoms. The van der Waals surface area contributed by atoms with Gasteiger partial charge in [0.2, 0.25) is 5.91 Å². The molecule has 1 atom stereocenters. The number of rotatable bonds is 3. The Morgan fingerprint density at radius 2 is 2.62 bits per heavy atom. The average molecular weight is 224 g/mol. The number of nitrogens with zero attached hydrogens (tertiary/aromatic N) is 3. The summed E-state index contributed by atoms with van der Waals surface area (Å²) in [7, 11) is 0. The number of nitrogen functional groups attached to an aromatic ring is 1. The molecule has 2 rings (SSSR count). The van der Waals surface area contributed by atoms with Gasteiger partial charge in [-0.1, -0.05) is 5.21 Å². The van der Waals surface area contributed by atoms with Gasteiger partial charge in [0.1, 0.15) is 6.54 Å². The van der Waals surface area contributed by atoms with Crippen LogP contribution in [0.3, 0.4) is 0 Å². The van der Waals surface area contributed by atoms with Gasteiger partial charge in [-0.05, 0) is 19.4 Å². The molecule has 1 amide bonds. The smallest absolute Gasteiger partial charge is 0.242 e. The van der Waals surface area contributed by atoms with Crippen LogP contribution in [0.25, 0.3) is 0 Å². The molecule has 0 radical (unpaired) electrons. The summed E-state index contributed by atoms with van der Waals surface area (Å²) in [6.45, 7) is 2.04. The molecule has 1 unspecified atom stereocenters. The average Bonchev–Trinajstić information content (AvgIpc) is 2.65. The lowest BCUT2D eigenvalue weighted by Gasteiger charge is -2.23. The highest BCUT2D eigenvalue weighted by Gasteiger charge is 2.15. The van der Waals surface area contributed by atoms with E-state index in [4.69, 9.17) is 5.73 Å². The maximum absolute atomic E-state index is 11.6. The lowest BCUT2D eigenvalue weighted by molar-refractivity contribution is -0.122. The van der Waals surface area contributed by atoms with E-state index in [1.165, 1.54) is 4.68 Å². The second kappa shape index (κ2) is 4.93. The number of carbonyl (C=O) groups excluding carboxylic acids is 1. The van der Waals surface area contributed by atoms with E-state index in [0.29, 0.717) is 5.82 Å². The standard InChI is InChI=1S/C9H16N6O/c10-8-5-15(14-13-8)6-9(16)12-7-2-1-3-11-4-7/h5,7,11H,1-4,6,10H2,(H,12,16). The molecule has 1 aliphatic rings. The summed E-state index contributed by atoms with van der Waals surface area (Å²) in [5.74, 6) is 0.269. The summed E-state index contributed by atoms with van der Waals surface area (Å²) < 4.78 is 1.43. The minimum Gasteiger partial charge on any atom is -0.381 e. The number of aromatic nitrogens is 3. The number of nitrogens with one attached hydrogen (secondary N) is 2.